The van der Waals surface area contributed by atoms with Crippen molar-refractivity contribution in [2.24, 2.45) is 11.1 Å². The number of alkyl carbamates (subject to hydrolysis) is 1. The van der Waals surface area contributed by atoms with E-state index < -0.39 is 5.60 Å². The highest BCUT2D eigenvalue weighted by molar-refractivity contribution is 6.65. The van der Waals surface area contributed by atoms with Gasteiger partial charge in [0.2, 0.25) is 0 Å². The lowest BCUT2D eigenvalue weighted by Crippen LogP contribution is -2.41. The number of halogens is 1. The van der Waals surface area contributed by atoms with E-state index in [0.717, 1.165) is 25.7 Å². The lowest BCUT2D eigenvalue weighted by atomic mass is 9.87. The Balaban J connectivity index is 2.34. The summed E-state index contributed by atoms with van der Waals surface area (Å²) in [5.74, 6) is 0.105. The standard InChI is InChI=1S/C12H21ClN2O3/c1-12(2,3)18-11(16)14-9-6-4-8(5-7-9)10(13)15-17/h8-9,17H,4-7H2,1-3H3,(H,14,16)/b15-10-/t8-,9-. The van der Waals surface area contributed by atoms with Crippen LogP contribution in [0.1, 0.15) is 46.5 Å². The second-order valence-electron chi connectivity index (χ2n) is 5.62. The molecule has 0 bridgehead atoms. The van der Waals surface area contributed by atoms with Crippen LogP contribution in [0.25, 0.3) is 0 Å². The van der Waals surface area contributed by atoms with Gasteiger partial charge in [-0.25, -0.2) is 4.79 Å². The van der Waals surface area contributed by atoms with Crippen molar-refractivity contribution >= 4 is 22.9 Å². The average Bonchev–Trinajstić information content (AvgIpc) is 2.26. The van der Waals surface area contributed by atoms with Crippen molar-refractivity contribution < 1.29 is 14.7 Å². The lowest BCUT2D eigenvalue weighted by molar-refractivity contribution is 0.0490. The Morgan fingerprint density at radius 2 is 1.89 bits per heavy atom. The summed E-state index contributed by atoms with van der Waals surface area (Å²) in [6, 6.07) is 0.110. The molecule has 0 saturated heterocycles. The van der Waals surface area contributed by atoms with Crippen LogP contribution in [-0.4, -0.2) is 28.1 Å². The molecule has 0 heterocycles. The highest BCUT2D eigenvalue weighted by Crippen LogP contribution is 2.27. The maximum atomic E-state index is 11.6. The van der Waals surface area contributed by atoms with Gasteiger partial charge in [0.1, 0.15) is 10.8 Å². The molecule has 0 atom stereocenters. The molecule has 104 valence electrons. The molecule has 0 aromatic carbocycles. The number of oxime groups is 1. The molecule has 0 spiro atoms. The normalized spacial score (nSPS) is 25.7. The van der Waals surface area contributed by atoms with Gasteiger partial charge in [-0.15, -0.1) is 0 Å². The number of carbonyl (C=O) groups excluding carboxylic acids is 1. The van der Waals surface area contributed by atoms with E-state index in [-0.39, 0.29) is 23.2 Å². The summed E-state index contributed by atoms with van der Waals surface area (Å²) in [5.41, 5.74) is -0.478. The van der Waals surface area contributed by atoms with Crippen LogP contribution in [0.15, 0.2) is 5.16 Å². The zero-order valence-electron chi connectivity index (χ0n) is 11.1. The molecule has 0 aromatic rings. The first-order valence-electron chi connectivity index (χ1n) is 6.19. The fraction of sp³-hybridized carbons (Fsp3) is 0.833. The number of hydrogen-bond acceptors (Lipinski definition) is 4. The van der Waals surface area contributed by atoms with Gasteiger partial charge in [-0.1, -0.05) is 16.8 Å². The van der Waals surface area contributed by atoms with Crippen LogP contribution in [0, 0.1) is 5.92 Å². The SMILES string of the molecule is CC(C)(C)OC(=O)N[C@H]1CC[C@H](/C(Cl)=N/O)CC1. The molecule has 1 amide bonds. The van der Waals surface area contributed by atoms with E-state index in [2.05, 4.69) is 10.5 Å². The summed E-state index contributed by atoms with van der Waals surface area (Å²) in [6.45, 7) is 5.50. The Labute approximate surface area is 113 Å². The van der Waals surface area contributed by atoms with Crippen molar-refractivity contribution in [2.45, 2.75) is 58.1 Å². The third-order valence-electron chi connectivity index (χ3n) is 2.88. The molecule has 1 aliphatic carbocycles. The second-order valence-corrected chi connectivity index (χ2v) is 6.00. The molecule has 2 N–H and O–H groups in total. The molecule has 1 saturated carbocycles. The van der Waals surface area contributed by atoms with E-state index in [0.29, 0.717) is 0 Å². The van der Waals surface area contributed by atoms with Crippen molar-refractivity contribution in [1.82, 2.24) is 5.32 Å². The summed E-state index contributed by atoms with van der Waals surface area (Å²) >= 11 is 5.77. The third-order valence-corrected chi connectivity index (χ3v) is 3.26. The molecule has 6 heteroatoms. The average molecular weight is 277 g/mol. The van der Waals surface area contributed by atoms with Gasteiger partial charge >= 0.3 is 6.09 Å². The molecule has 5 nitrogen and oxygen atoms in total. The van der Waals surface area contributed by atoms with E-state index in [1.54, 1.807) is 0 Å². The van der Waals surface area contributed by atoms with Gasteiger partial charge in [0.25, 0.3) is 0 Å². The van der Waals surface area contributed by atoms with Gasteiger partial charge in [0, 0.05) is 12.0 Å². The molecular weight excluding hydrogens is 256 g/mol. The fourth-order valence-electron chi connectivity index (χ4n) is 2.03. The minimum Gasteiger partial charge on any atom is -0.444 e. The highest BCUT2D eigenvalue weighted by atomic mass is 35.5. The number of hydrogen-bond donors (Lipinski definition) is 2. The molecule has 0 unspecified atom stereocenters. The van der Waals surface area contributed by atoms with Gasteiger partial charge in [-0.05, 0) is 46.5 Å². The van der Waals surface area contributed by atoms with E-state index in [1.807, 2.05) is 20.8 Å². The summed E-state index contributed by atoms with van der Waals surface area (Å²) < 4.78 is 5.20. The van der Waals surface area contributed by atoms with Gasteiger partial charge in [-0.3, -0.25) is 0 Å². The molecular formula is C12H21ClN2O3. The zero-order chi connectivity index (χ0) is 13.8. The number of amides is 1. The van der Waals surface area contributed by atoms with Crippen LogP contribution in [-0.2, 0) is 4.74 Å². The molecule has 0 aromatic heterocycles. The second kappa shape index (κ2) is 6.27. The summed E-state index contributed by atoms with van der Waals surface area (Å²) in [5, 5.41) is 14.7. The van der Waals surface area contributed by atoms with Crippen LogP contribution in [0.3, 0.4) is 0 Å². The van der Waals surface area contributed by atoms with Crippen molar-refractivity contribution in [1.29, 1.82) is 0 Å². The van der Waals surface area contributed by atoms with Crippen LogP contribution in [0.4, 0.5) is 4.79 Å². The van der Waals surface area contributed by atoms with Crippen LogP contribution in [0.5, 0.6) is 0 Å². The van der Waals surface area contributed by atoms with Crippen molar-refractivity contribution in [3.05, 3.63) is 0 Å². The predicted octanol–water partition coefficient (Wildman–Crippen LogP) is 3.10. The van der Waals surface area contributed by atoms with Gasteiger partial charge < -0.3 is 15.3 Å². The Morgan fingerprint density at radius 1 is 1.33 bits per heavy atom. The molecule has 1 fully saturated rings. The van der Waals surface area contributed by atoms with Crippen LogP contribution >= 0.6 is 11.6 Å². The van der Waals surface area contributed by atoms with Crippen molar-refractivity contribution in [3.8, 4) is 0 Å². The maximum Gasteiger partial charge on any atom is 0.407 e. The topological polar surface area (TPSA) is 70.9 Å². The summed E-state index contributed by atoms with van der Waals surface area (Å²) in [4.78, 5) is 11.6. The first-order chi connectivity index (χ1) is 8.31. The minimum atomic E-state index is -0.478. The number of rotatable bonds is 2. The molecule has 1 aliphatic rings. The van der Waals surface area contributed by atoms with Crippen LogP contribution in [0.2, 0.25) is 0 Å². The molecule has 1 rings (SSSR count). The van der Waals surface area contributed by atoms with E-state index in [1.165, 1.54) is 0 Å². The molecule has 0 radical (unpaired) electrons. The number of nitrogens with one attached hydrogen (secondary N) is 1. The van der Waals surface area contributed by atoms with E-state index in [4.69, 9.17) is 21.5 Å². The molecule has 18 heavy (non-hydrogen) atoms. The van der Waals surface area contributed by atoms with Gasteiger partial charge in [0.05, 0.1) is 0 Å². The number of ether oxygens (including phenoxy) is 1. The first kappa shape index (κ1) is 15.1. The fourth-order valence-corrected chi connectivity index (χ4v) is 2.25. The number of carbonyl (C=O) groups is 1. The predicted molar refractivity (Wildman–Crippen MR) is 70.2 cm³/mol. The largest absolute Gasteiger partial charge is 0.444 e. The summed E-state index contributed by atoms with van der Waals surface area (Å²) in [6.07, 6.45) is 2.87. The summed E-state index contributed by atoms with van der Waals surface area (Å²) in [7, 11) is 0. The number of nitrogens with zero attached hydrogens (tertiary/aromatic N) is 1. The smallest absolute Gasteiger partial charge is 0.407 e. The Hall–Kier alpha value is -0.970. The van der Waals surface area contributed by atoms with Crippen molar-refractivity contribution in [2.75, 3.05) is 0 Å². The Morgan fingerprint density at radius 3 is 2.33 bits per heavy atom. The van der Waals surface area contributed by atoms with E-state index in [9.17, 15) is 4.79 Å². The third kappa shape index (κ3) is 5.12. The Kier molecular flexibility index (Phi) is 5.26. The van der Waals surface area contributed by atoms with Gasteiger partial charge in [-0.2, -0.15) is 0 Å². The zero-order valence-corrected chi connectivity index (χ0v) is 11.8. The van der Waals surface area contributed by atoms with E-state index >= 15 is 0 Å². The van der Waals surface area contributed by atoms with Crippen LogP contribution < -0.4 is 5.32 Å². The highest BCUT2D eigenvalue weighted by Gasteiger charge is 2.26. The lowest BCUT2D eigenvalue weighted by Gasteiger charge is -2.29. The Bertz CT molecular complexity index is 318. The maximum absolute atomic E-state index is 11.6. The quantitative estimate of drug-likeness (QED) is 0.462. The first-order valence-corrected chi connectivity index (χ1v) is 6.56. The minimum absolute atomic E-state index is 0.105. The molecule has 0 aliphatic heterocycles. The monoisotopic (exact) mass is 276 g/mol. The van der Waals surface area contributed by atoms with Crippen molar-refractivity contribution in [3.63, 3.8) is 0 Å². The van der Waals surface area contributed by atoms with Gasteiger partial charge in [0.15, 0.2) is 0 Å².